The fourth-order valence-corrected chi connectivity index (χ4v) is 5.30. The van der Waals surface area contributed by atoms with Crippen LogP contribution in [0.2, 0.25) is 0 Å². The average molecular weight is 421 g/mol. The van der Waals surface area contributed by atoms with Gasteiger partial charge in [0, 0.05) is 0 Å². The van der Waals surface area contributed by atoms with Crippen LogP contribution in [0.5, 0.6) is 0 Å². The Morgan fingerprint density at radius 3 is 1.78 bits per heavy atom. The number of esters is 1. The molecule has 0 unspecified atom stereocenters. The third-order valence-corrected chi connectivity index (χ3v) is 6.45. The van der Waals surface area contributed by atoms with Crippen molar-refractivity contribution in [3.63, 3.8) is 0 Å². The van der Waals surface area contributed by atoms with E-state index in [1.807, 2.05) is 37.3 Å². The van der Waals surface area contributed by atoms with Crippen LogP contribution in [-0.2, 0) is 16.0 Å². The van der Waals surface area contributed by atoms with Crippen molar-refractivity contribution in [2.45, 2.75) is 13.3 Å². The summed E-state index contributed by atoms with van der Waals surface area (Å²) in [5.74, 6) is -0.175. The van der Waals surface area contributed by atoms with Crippen molar-refractivity contribution in [2.24, 2.45) is 0 Å². The first kappa shape index (κ1) is 23.2. The first-order valence-electron chi connectivity index (χ1n) is 8.43. The van der Waals surface area contributed by atoms with E-state index in [-0.39, 0.29) is 30.8 Å². The molecule has 27 heavy (non-hydrogen) atoms. The molecule has 0 aliphatic rings. The van der Waals surface area contributed by atoms with Crippen molar-refractivity contribution < 1.29 is 9.53 Å². The molecule has 5 heteroatoms. The number of hydrogen-bond acceptors (Lipinski definition) is 2. The van der Waals surface area contributed by atoms with E-state index < -0.39 is 7.92 Å². The number of halogens is 2. The second-order valence-electron chi connectivity index (χ2n) is 5.62. The highest BCUT2D eigenvalue weighted by molar-refractivity contribution is 7.79. The molecule has 0 aliphatic heterocycles. The molecule has 0 aliphatic carbocycles. The zero-order chi connectivity index (χ0) is 17.5. The summed E-state index contributed by atoms with van der Waals surface area (Å²) in [6, 6.07) is 29.2. The quantitative estimate of drug-likeness (QED) is 0.436. The second-order valence-corrected chi connectivity index (χ2v) is 7.80. The van der Waals surface area contributed by atoms with Gasteiger partial charge in [-0.1, -0.05) is 84.9 Å². The molecule has 0 amide bonds. The van der Waals surface area contributed by atoms with E-state index >= 15 is 0 Å². The van der Waals surface area contributed by atoms with Crippen LogP contribution in [0, 0.1) is 0 Å². The van der Waals surface area contributed by atoms with Crippen LogP contribution in [0.3, 0.4) is 0 Å². The molecule has 0 saturated carbocycles. The topological polar surface area (TPSA) is 26.3 Å². The van der Waals surface area contributed by atoms with Gasteiger partial charge in [0.2, 0.25) is 0 Å². The predicted octanol–water partition coefficient (Wildman–Crippen LogP) is 4.39. The van der Waals surface area contributed by atoms with Crippen molar-refractivity contribution in [1.82, 2.24) is 0 Å². The summed E-state index contributed by atoms with van der Waals surface area (Å²) in [7, 11) is -0.714. The molecular weight excluding hydrogens is 398 g/mol. The Hall–Kier alpha value is -1.86. The summed E-state index contributed by atoms with van der Waals surface area (Å²) in [5, 5.41) is 3.77. The smallest absolute Gasteiger partial charge is 0.310 e. The van der Waals surface area contributed by atoms with Gasteiger partial charge < -0.3 is 4.74 Å². The molecule has 142 valence electrons. The van der Waals surface area contributed by atoms with Crippen LogP contribution < -0.4 is 15.9 Å². The molecule has 0 spiro atoms. The van der Waals surface area contributed by atoms with Crippen molar-refractivity contribution in [3.8, 4) is 0 Å². The van der Waals surface area contributed by atoms with Crippen molar-refractivity contribution in [3.05, 3.63) is 90.5 Å². The van der Waals surface area contributed by atoms with Gasteiger partial charge in [0.15, 0.2) is 0 Å². The van der Waals surface area contributed by atoms with Crippen LogP contribution in [0.15, 0.2) is 84.9 Å². The first-order chi connectivity index (χ1) is 12.3. The van der Waals surface area contributed by atoms with Crippen LogP contribution in [-0.4, -0.2) is 12.6 Å². The number of rotatable bonds is 6. The minimum absolute atomic E-state index is 0. The monoisotopic (exact) mass is 420 g/mol. The standard InChI is InChI=1S/C22H21O2P.2ClH/c1-2-24-22(23)17-18-11-9-10-16-21(18)25(19-12-5-3-6-13-19)20-14-7-4-8-15-20;;/h3-16H,2,17H2,1H3;2*1H. The minimum atomic E-state index is -0.714. The van der Waals surface area contributed by atoms with Gasteiger partial charge in [-0.3, -0.25) is 4.79 Å². The number of carbonyl (C=O) groups is 1. The third kappa shape index (κ3) is 6.07. The van der Waals surface area contributed by atoms with E-state index in [1.165, 1.54) is 15.9 Å². The maximum atomic E-state index is 12.0. The van der Waals surface area contributed by atoms with Crippen LogP contribution in [0.25, 0.3) is 0 Å². The van der Waals surface area contributed by atoms with Crippen LogP contribution in [0.4, 0.5) is 0 Å². The minimum Gasteiger partial charge on any atom is -0.466 e. The van der Waals surface area contributed by atoms with E-state index in [2.05, 4.69) is 54.6 Å². The lowest BCUT2D eigenvalue weighted by Crippen LogP contribution is -2.24. The van der Waals surface area contributed by atoms with E-state index in [0.717, 1.165) is 5.56 Å². The largest absolute Gasteiger partial charge is 0.466 e. The third-order valence-electron chi connectivity index (χ3n) is 3.90. The van der Waals surface area contributed by atoms with Gasteiger partial charge in [-0.25, -0.2) is 0 Å². The average Bonchev–Trinajstić information content (AvgIpc) is 2.65. The van der Waals surface area contributed by atoms with Crippen molar-refractivity contribution >= 4 is 54.6 Å². The summed E-state index contributed by atoms with van der Waals surface area (Å²) < 4.78 is 5.16. The molecule has 0 atom stereocenters. The number of ether oxygens (including phenoxy) is 1. The molecule has 0 saturated heterocycles. The molecule has 3 aromatic rings. The van der Waals surface area contributed by atoms with Crippen molar-refractivity contribution in [1.29, 1.82) is 0 Å². The Labute approximate surface area is 174 Å². The fraction of sp³-hybridized carbons (Fsp3) is 0.136. The Morgan fingerprint density at radius 1 is 0.778 bits per heavy atom. The summed E-state index contributed by atoms with van der Waals surface area (Å²) in [4.78, 5) is 12.0. The summed E-state index contributed by atoms with van der Waals surface area (Å²) in [6.07, 6.45) is 0.308. The molecule has 0 fully saturated rings. The molecule has 3 aromatic carbocycles. The molecule has 0 N–H and O–H groups in total. The lowest BCUT2D eigenvalue weighted by atomic mass is 10.1. The van der Waals surface area contributed by atoms with E-state index in [9.17, 15) is 4.79 Å². The van der Waals surface area contributed by atoms with Gasteiger partial charge in [0.05, 0.1) is 13.0 Å². The van der Waals surface area contributed by atoms with E-state index in [4.69, 9.17) is 4.74 Å². The zero-order valence-electron chi connectivity index (χ0n) is 15.1. The Balaban J connectivity index is 0.00000182. The predicted molar refractivity (Wildman–Crippen MR) is 120 cm³/mol. The number of carbonyl (C=O) groups excluding carboxylic acids is 1. The van der Waals surface area contributed by atoms with Gasteiger partial charge in [-0.05, 0) is 36.3 Å². The van der Waals surface area contributed by atoms with Crippen LogP contribution in [0.1, 0.15) is 12.5 Å². The first-order valence-corrected chi connectivity index (χ1v) is 9.77. The number of hydrogen-bond donors (Lipinski definition) is 0. The van der Waals surface area contributed by atoms with E-state index in [1.54, 1.807) is 0 Å². The van der Waals surface area contributed by atoms with Gasteiger partial charge in [0.25, 0.3) is 0 Å². The molecule has 0 aromatic heterocycles. The molecule has 0 heterocycles. The van der Waals surface area contributed by atoms with Gasteiger partial charge in [-0.15, -0.1) is 24.8 Å². The Morgan fingerprint density at radius 2 is 1.26 bits per heavy atom. The number of benzene rings is 3. The fourth-order valence-electron chi connectivity index (χ4n) is 2.83. The van der Waals surface area contributed by atoms with E-state index in [0.29, 0.717) is 13.0 Å². The second kappa shape index (κ2) is 11.8. The van der Waals surface area contributed by atoms with Crippen LogP contribution >= 0.6 is 32.7 Å². The lowest BCUT2D eigenvalue weighted by Gasteiger charge is -2.22. The Bertz CT molecular complexity index is 786. The maximum absolute atomic E-state index is 12.0. The Kier molecular flexibility index (Phi) is 10.1. The van der Waals surface area contributed by atoms with Crippen molar-refractivity contribution in [2.75, 3.05) is 6.61 Å². The molecule has 3 rings (SSSR count). The summed E-state index contributed by atoms with van der Waals surface area (Å²) in [6.45, 7) is 2.25. The van der Waals surface area contributed by atoms with Gasteiger partial charge in [-0.2, -0.15) is 0 Å². The lowest BCUT2D eigenvalue weighted by molar-refractivity contribution is -0.142. The maximum Gasteiger partial charge on any atom is 0.310 e. The molecule has 0 bridgehead atoms. The summed E-state index contributed by atoms with van der Waals surface area (Å²) in [5.41, 5.74) is 1.04. The normalized spacial score (nSPS) is 9.85. The molecule has 0 radical (unpaired) electrons. The highest BCUT2D eigenvalue weighted by Gasteiger charge is 2.20. The molecule has 2 nitrogen and oxygen atoms in total. The zero-order valence-corrected chi connectivity index (χ0v) is 17.6. The SMILES string of the molecule is CCOC(=O)Cc1ccccc1P(c1ccccc1)c1ccccc1.Cl.Cl. The summed E-state index contributed by atoms with van der Waals surface area (Å²) >= 11 is 0. The van der Waals surface area contributed by atoms with Gasteiger partial charge >= 0.3 is 5.97 Å². The van der Waals surface area contributed by atoms with Gasteiger partial charge in [0.1, 0.15) is 0 Å². The highest BCUT2D eigenvalue weighted by atomic mass is 35.5. The highest BCUT2D eigenvalue weighted by Crippen LogP contribution is 2.34. The molecular formula is C22H23Cl2O2P.